The van der Waals surface area contributed by atoms with Gasteiger partial charge in [-0.25, -0.2) is 12.7 Å². The summed E-state index contributed by atoms with van der Waals surface area (Å²) >= 11 is 0. The zero-order valence-corrected chi connectivity index (χ0v) is 10.7. The van der Waals surface area contributed by atoms with Crippen molar-refractivity contribution in [2.75, 3.05) is 17.1 Å². The first-order chi connectivity index (χ1) is 8.31. The molecule has 8 heteroatoms. The molecule has 0 saturated heterocycles. The minimum Gasteiger partial charge on any atom is -0.322 e. The number of hydrogen-bond acceptors (Lipinski definition) is 6. The maximum Gasteiger partial charge on any atom is 0.254 e. The third-order valence-electron chi connectivity index (χ3n) is 2.09. The minimum absolute atomic E-state index is 0.00664. The average molecular weight is 268 g/mol. The molecule has 18 heavy (non-hydrogen) atoms. The Bertz CT molecular complexity index is 619. The summed E-state index contributed by atoms with van der Waals surface area (Å²) in [7, 11) is -3.85. The fourth-order valence-electron chi connectivity index (χ4n) is 1.38. The van der Waals surface area contributed by atoms with Crippen molar-refractivity contribution in [3.05, 3.63) is 23.5 Å². The molecule has 0 fully saturated rings. The lowest BCUT2D eigenvalue weighted by atomic mass is 10.2. The SMILES string of the molecule is Cc1cc(N(C(=O)CN)S(C)(=O)=O)c(C#N)cn1. The van der Waals surface area contributed by atoms with Gasteiger partial charge in [-0.1, -0.05) is 0 Å². The maximum atomic E-state index is 11.6. The highest BCUT2D eigenvalue weighted by atomic mass is 32.2. The van der Waals surface area contributed by atoms with E-state index >= 15 is 0 Å². The van der Waals surface area contributed by atoms with Crippen LogP contribution in [0.1, 0.15) is 11.3 Å². The number of carbonyl (C=O) groups excluding carboxylic acids is 1. The second-order valence-corrected chi connectivity index (χ2v) is 5.41. The first kappa shape index (κ1) is 14.1. The fourth-order valence-corrected chi connectivity index (χ4v) is 2.33. The van der Waals surface area contributed by atoms with Crippen LogP contribution in [0.3, 0.4) is 0 Å². The molecule has 96 valence electrons. The maximum absolute atomic E-state index is 11.6. The van der Waals surface area contributed by atoms with Crippen LogP contribution in [0.5, 0.6) is 0 Å². The van der Waals surface area contributed by atoms with Gasteiger partial charge >= 0.3 is 0 Å². The summed E-state index contributed by atoms with van der Waals surface area (Å²) in [5, 5.41) is 8.92. The highest BCUT2D eigenvalue weighted by Gasteiger charge is 2.26. The van der Waals surface area contributed by atoms with Crippen molar-refractivity contribution in [3.8, 4) is 6.07 Å². The molecule has 0 unspecified atom stereocenters. The molecule has 0 bridgehead atoms. The predicted octanol–water partition coefficient (Wildman–Crippen LogP) is -0.487. The van der Waals surface area contributed by atoms with Gasteiger partial charge in [0.05, 0.1) is 24.1 Å². The smallest absolute Gasteiger partial charge is 0.254 e. The van der Waals surface area contributed by atoms with Gasteiger partial charge in [-0.05, 0) is 13.0 Å². The zero-order chi connectivity index (χ0) is 13.9. The van der Waals surface area contributed by atoms with Crippen molar-refractivity contribution >= 4 is 21.6 Å². The van der Waals surface area contributed by atoms with Gasteiger partial charge in [0.2, 0.25) is 10.0 Å². The number of hydrogen-bond donors (Lipinski definition) is 1. The number of carbonyl (C=O) groups is 1. The van der Waals surface area contributed by atoms with Gasteiger partial charge in [0.15, 0.2) is 0 Å². The van der Waals surface area contributed by atoms with Gasteiger partial charge in [0, 0.05) is 11.9 Å². The van der Waals surface area contributed by atoms with Crippen LogP contribution in [-0.2, 0) is 14.8 Å². The van der Waals surface area contributed by atoms with Gasteiger partial charge in [0.25, 0.3) is 5.91 Å². The van der Waals surface area contributed by atoms with Crippen molar-refractivity contribution < 1.29 is 13.2 Å². The Kier molecular flexibility index (Phi) is 4.00. The van der Waals surface area contributed by atoms with Crippen LogP contribution < -0.4 is 10.0 Å². The molecule has 0 atom stereocenters. The third-order valence-corrected chi connectivity index (χ3v) is 3.15. The van der Waals surface area contributed by atoms with E-state index < -0.39 is 22.5 Å². The first-order valence-corrected chi connectivity index (χ1v) is 6.76. The van der Waals surface area contributed by atoms with Crippen LogP contribution in [0.2, 0.25) is 0 Å². The summed E-state index contributed by atoms with van der Waals surface area (Å²) < 4.78 is 23.8. The Morgan fingerprint density at radius 2 is 2.22 bits per heavy atom. The monoisotopic (exact) mass is 268 g/mol. The Morgan fingerprint density at radius 3 is 2.67 bits per heavy atom. The lowest BCUT2D eigenvalue weighted by molar-refractivity contribution is -0.116. The number of aryl methyl sites for hydroxylation is 1. The Labute approximate surface area is 105 Å². The average Bonchev–Trinajstić information content (AvgIpc) is 2.27. The highest BCUT2D eigenvalue weighted by Crippen LogP contribution is 2.22. The number of aromatic nitrogens is 1. The van der Waals surface area contributed by atoms with Crippen molar-refractivity contribution in [1.82, 2.24) is 4.98 Å². The van der Waals surface area contributed by atoms with Crippen molar-refractivity contribution in [2.24, 2.45) is 5.73 Å². The van der Waals surface area contributed by atoms with Crippen LogP contribution in [0.4, 0.5) is 5.69 Å². The van der Waals surface area contributed by atoms with E-state index in [1.807, 2.05) is 0 Å². The topological polar surface area (TPSA) is 117 Å². The minimum atomic E-state index is -3.85. The molecule has 1 aromatic rings. The molecular weight excluding hydrogens is 256 g/mol. The third kappa shape index (κ3) is 2.82. The number of pyridine rings is 1. The molecule has 0 spiro atoms. The molecular formula is C10H12N4O3S. The van der Waals surface area contributed by atoms with E-state index in [0.29, 0.717) is 10.00 Å². The zero-order valence-electron chi connectivity index (χ0n) is 9.91. The van der Waals surface area contributed by atoms with E-state index in [4.69, 9.17) is 11.0 Å². The first-order valence-electron chi connectivity index (χ1n) is 4.91. The van der Waals surface area contributed by atoms with Gasteiger partial charge in [-0.2, -0.15) is 5.26 Å². The van der Waals surface area contributed by atoms with E-state index in [0.717, 1.165) is 6.26 Å². The summed E-state index contributed by atoms with van der Waals surface area (Å²) in [5.74, 6) is -0.806. The second kappa shape index (κ2) is 5.12. The molecule has 0 saturated carbocycles. The standard InChI is InChI=1S/C10H12N4O3S/c1-7-3-9(8(4-11)6-13-7)14(10(15)5-12)18(2,16)17/h3,6H,5,12H2,1-2H3. The molecule has 1 heterocycles. The number of nitrogens with two attached hydrogens (primary N) is 1. The van der Waals surface area contributed by atoms with Crippen LogP contribution in [0.25, 0.3) is 0 Å². The van der Waals surface area contributed by atoms with E-state index in [1.54, 1.807) is 13.0 Å². The van der Waals surface area contributed by atoms with Gasteiger partial charge in [-0.15, -0.1) is 0 Å². The highest BCUT2D eigenvalue weighted by molar-refractivity contribution is 7.92. The lowest BCUT2D eigenvalue weighted by Gasteiger charge is -2.20. The largest absolute Gasteiger partial charge is 0.322 e. The Hall–Kier alpha value is -1.98. The summed E-state index contributed by atoms with van der Waals surface area (Å²) in [6.45, 7) is 1.15. The molecule has 7 nitrogen and oxygen atoms in total. The van der Waals surface area contributed by atoms with Crippen molar-refractivity contribution in [1.29, 1.82) is 5.26 Å². The number of anilines is 1. The lowest BCUT2D eigenvalue weighted by Crippen LogP contribution is -2.40. The summed E-state index contributed by atoms with van der Waals surface area (Å²) in [6.07, 6.45) is 2.09. The van der Waals surface area contributed by atoms with E-state index in [1.165, 1.54) is 12.3 Å². The van der Waals surface area contributed by atoms with Gasteiger partial charge in [-0.3, -0.25) is 9.78 Å². The van der Waals surface area contributed by atoms with Crippen molar-refractivity contribution in [3.63, 3.8) is 0 Å². The van der Waals surface area contributed by atoms with Crippen LogP contribution in [0.15, 0.2) is 12.3 Å². The molecule has 2 N–H and O–H groups in total. The molecule has 1 rings (SSSR count). The Balaban J connectivity index is 3.53. The van der Waals surface area contributed by atoms with E-state index in [9.17, 15) is 13.2 Å². The molecule has 0 radical (unpaired) electrons. The number of nitriles is 1. The van der Waals surface area contributed by atoms with E-state index in [-0.39, 0.29) is 11.3 Å². The Morgan fingerprint density at radius 1 is 1.61 bits per heavy atom. The summed E-state index contributed by atoms with van der Waals surface area (Å²) in [6, 6.07) is 3.15. The normalized spacial score (nSPS) is 10.8. The number of sulfonamides is 1. The quantitative estimate of drug-likeness (QED) is 0.790. The molecule has 0 aromatic carbocycles. The predicted molar refractivity (Wildman–Crippen MR) is 65.1 cm³/mol. The van der Waals surface area contributed by atoms with Crippen molar-refractivity contribution in [2.45, 2.75) is 6.92 Å². The van der Waals surface area contributed by atoms with Gasteiger partial charge in [0.1, 0.15) is 6.07 Å². The molecule has 1 amide bonds. The van der Waals surface area contributed by atoms with Crippen LogP contribution in [-0.4, -0.2) is 32.1 Å². The number of nitrogens with zero attached hydrogens (tertiary/aromatic N) is 3. The molecule has 0 aliphatic heterocycles. The van der Waals surface area contributed by atoms with Crippen LogP contribution >= 0.6 is 0 Å². The summed E-state index contributed by atoms with van der Waals surface area (Å²) in [4.78, 5) is 15.5. The second-order valence-electron chi connectivity index (χ2n) is 3.58. The molecule has 0 aliphatic carbocycles. The van der Waals surface area contributed by atoms with E-state index in [2.05, 4.69) is 4.98 Å². The number of amides is 1. The van der Waals surface area contributed by atoms with Crippen LogP contribution in [0, 0.1) is 18.3 Å². The molecule has 1 aromatic heterocycles. The molecule has 0 aliphatic rings. The fraction of sp³-hybridized carbons (Fsp3) is 0.300. The number of rotatable bonds is 3. The van der Waals surface area contributed by atoms with Gasteiger partial charge < -0.3 is 5.73 Å². The summed E-state index contributed by atoms with van der Waals surface area (Å²) in [5.41, 5.74) is 5.64.